The van der Waals surface area contributed by atoms with Crippen LogP contribution in [0.15, 0.2) is 0 Å². The zero-order chi connectivity index (χ0) is 12.9. The molecule has 2 nitrogen and oxygen atoms in total. The maximum Gasteiger partial charge on any atom is 0.0507 e. The monoisotopic (exact) mass is 263 g/mol. The Morgan fingerprint density at radius 3 is 2.26 bits per heavy atom. The van der Waals surface area contributed by atoms with Gasteiger partial charge in [-0.1, -0.05) is 0 Å². The maximum atomic E-state index is 5.50. The molecule has 5 rings (SSSR count). The van der Waals surface area contributed by atoms with Crippen LogP contribution >= 0.6 is 0 Å². The second-order valence-corrected chi connectivity index (χ2v) is 8.14. The highest BCUT2D eigenvalue weighted by Gasteiger charge is 2.52. The van der Waals surface area contributed by atoms with Crippen LogP contribution in [0.2, 0.25) is 0 Å². The fourth-order valence-electron chi connectivity index (χ4n) is 6.01. The smallest absolute Gasteiger partial charge is 0.0507 e. The Labute approximate surface area is 117 Å². The minimum atomic E-state index is 0.661. The first-order valence-corrected chi connectivity index (χ1v) is 8.55. The van der Waals surface area contributed by atoms with Crippen LogP contribution in [0.4, 0.5) is 0 Å². The van der Waals surface area contributed by atoms with Gasteiger partial charge in [0.1, 0.15) is 0 Å². The van der Waals surface area contributed by atoms with Crippen LogP contribution in [0.5, 0.6) is 0 Å². The molecule has 0 amide bonds. The number of hydrogen-bond donors (Lipinski definition) is 1. The van der Waals surface area contributed by atoms with Crippen LogP contribution in [0.1, 0.15) is 51.9 Å². The zero-order valence-corrected chi connectivity index (χ0v) is 12.4. The van der Waals surface area contributed by atoms with Crippen molar-refractivity contribution < 1.29 is 4.74 Å². The topological polar surface area (TPSA) is 21.3 Å². The van der Waals surface area contributed by atoms with Gasteiger partial charge in [-0.25, -0.2) is 0 Å². The Balaban J connectivity index is 1.40. The molecule has 0 aromatic heterocycles. The third-order valence-corrected chi connectivity index (χ3v) is 6.74. The van der Waals surface area contributed by atoms with E-state index in [0.29, 0.717) is 5.41 Å². The summed E-state index contributed by atoms with van der Waals surface area (Å²) < 4.78 is 5.50. The average Bonchev–Trinajstić information content (AvgIpc) is 2.87. The Morgan fingerprint density at radius 1 is 1.11 bits per heavy atom. The van der Waals surface area contributed by atoms with E-state index < -0.39 is 0 Å². The predicted octanol–water partition coefficient (Wildman–Crippen LogP) is 3.22. The maximum absolute atomic E-state index is 5.50. The molecule has 1 saturated heterocycles. The predicted molar refractivity (Wildman–Crippen MR) is 77.0 cm³/mol. The lowest BCUT2D eigenvalue weighted by Crippen LogP contribution is -2.55. The quantitative estimate of drug-likeness (QED) is 0.841. The van der Waals surface area contributed by atoms with E-state index >= 15 is 0 Å². The second-order valence-electron chi connectivity index (χ2n) is 8.14. The molecule has 0 aromatic rings. The summed E-state index contributed by atoms with van der Waals surface area (Å²) in [7, 11) is 0. The van der Waals surface area contributed by atoms with Crippen LogP contribution < -0.4 is 5.32 Å². The number of ether oxygens (including phenoxy) is 1. The molecule has 5 fully saturated rings. The summed E-state index contributed by atoms with van der Waals surface area (Å²) in [5, 5.41) is 3.90. The summed E-state index contributed by atoms with van der Waals surface area (Å²) in [4.78, 5) is 0. The molecule has 0 radical (unpaired) electrons. The Kier molecular flexibility index (Phi) is 3.15. The lowest BCUT2D eigenvalue weighted by atomic mass is 9.48. The Bertz CT molecular complexity index is 299. The van der Waals surface area contributed by atoms with Crippen molar-refractivity contribution in [1.82, 2.24) is 5.32 Å². The molecule has 2 unspecified atom stereocenters. The highest BCUT2D eigenvalue weighted by molar-refractivity contribution is 5.05. The summed E-state index contributed by atoms with van der Waals surface area (Å²) in [6.07, 6.45) is 10.5. The van der Waals surface area contributed by atoms with E-state index in [1.807, 2.05) is 0 Å². The van der Waals surface area contributed by atoms with Gasteiger partial charge in [-0.2, -0.15) is 0 Å². The first-order chi connectivity index (χ1) is 9.23. The molecule has 2 atom stereocenters. The van der Waals surface area contributed by atoms with Crippen LogP contribution in [-0.4, -0.2) is 25.8 Å². The van der Waals surface area contributed by atoms with Crippen LogP contribution in [0, 0.1) is 29.1 Å². The normalized spacial score (nSPS) is 49.7. The van der Waals surface area contributed by atoms with Gasteiger partial charge in [0.2, 0.25) is 0 Å². The standard InChI is InChI=1S/C17H29NO/c1-12(18-10-13-2-3-19-11-13)17-7-14-4-15(8-17)6-16(5-14)9-17/h12-16,18H,2-11H2,1H3. The van der Waals surface area contributed by atoms with E-state index in [9.17, 15) is 0 Å². The van der Waals surface area contributed by atoms with Gasteiger partial charge in [0.05, 0.1) is 6.61 Å². The van der Waals surface area contributed by atoms with Crippen molar-refractivity contribution in [1.29, 1.82) is 0 Å². The van der Waals surface area contributed by atoms with Crippen molar-refractivity contribution >= 4 is 0 Å². The first-order valence-electron chi connectivity index (χ1n) is 8.55. The van der Waals surface area contributed by atoms with E-state index in [-0.39, 0.29) is 0 Å². The molecular weight excluding hydrogens is 234 g/mol. The van der Waals surface area contributed by atoms with E-state index in [4.69, 9.17) is 4.74 Å². The van der Waals surface area contributed by atoms with Crippen molar-refractivity contribution in [2.24, 2.45) is 29.1 Å². The molecule has 4 aliphatic carbocycles. The van der Waals surface area contributed by atoms with Crippen LogP contribution in [0.25, 0.3) is 0 Å². The second kappa shape index (κ2) is 4.73. The summed E-state index contributed by atoms with van der Waals surface area (Å²) >= 11 is 0. The van der Waals surface area contributed by atoms with E-state index in [2.05, 4.69) is 12.2 Å². The molecule has 2 heteroatoms. The Morgan fingerprint density at radius 2 is 1.74 bits per heavy atom. The van der Waals surface area contributed by atoms with Gasteiger partial charge in [0.25, 0.3) is 0 Å². The lowest BCUT2D eigenvalue weighted by Gasteiger charge is -2.59. The summed E-state index contributed by atoms with van der Waals surface area (Å²) in [5.41, 5.74) is 0.661. The van der Waals surface area contributed by atoms with Crippen molar-refractivity contribution in [3.63, 3.8) is 0 Å². The van der Waals surface area contributed by atoms with Crippen LogP contribution in [-0.2, 0) is 4.74 Å². The van der Waals surface area contributed by atoms with Gasteiger partial charge in [-0.15, -0.1) is 0 Å². The van der Waals surface area contributed by atoms with Crippen LogP contribution in [0.3, 0.4) is 0 Å². The fourth-order valence-corrected chi connectivity index (χ4v) is 6.01. The first kappa shape index (κ1) is 12.6. The molecule has 1 aliphatic heterocycles. The fraction of sp³-hybridized carbons (Fsp3) is 1.00. The molecule has 1 heterocycles. The van der Waals surface area contributed by atoms with Gasteiger partial charge in [-0.05, 0) is 81.0 Å². The van der Waals surface area contributed by atoms with Gasteiger partial charge in [0.15, 0.2) is 0 Å². The molecule has 4 saturated carbocycles. The molecule has 1 N–H and O–H groups in total. The van der Waals surface area contributed by atoms with Crippen molar-refractivity contribution in [3.8, 4) is 0 Å². The highest BCUT2D eigenvalue weighted by atomic mass is 16.5. The van der Waals surface area contributed by atoms with Gasteiger partial charge in [-0.3, -0.25) is 0 Å². The summed E-state index contributed by atoms with van der Waals surface area (Å²) in [6.45, 7) is 5.63. The number of hydrogen-bond acceptors (Lipinski definition) is 2. The largest absolute Gasteiger partial charge is 0.381 e. The molecule has 108 valence electrons. The zero-order valence-electron chi connectivity index (χ0n) is 12.4. The lowest BCUT2D eigenvalue weighted by molar-refractivity contribution is -0.0708. The SMILES string of the molecule is CC(NCC1CCOC1)C12CC3CC(CC(C3)C1)C2. The molecule has 19 heavy (non-hydrogen) atoms. The molecule has 5 aliphatic rings. The van der Waals surface area contributed by atoms with Gasteiger partial charge < -0.3 is 10.1 Å². The average molecular weight is 263 g/mol. The van der Waals surface area contributed by atoms with Gasteiger partial charge in [0, 0.05) is 19.2 Å². The van der Waals surface area contributed by atoms with Crippen molar-refractivity contribution in [2.75, 3.05) is 19.8 Å². The minimum absolute atomic E-state index is 0.661. The Hall–Kier alpha value is -0.0800. The van der Waals surface area contributed by atoms with E-state index in [0.717, 1.165) is 42.9 Å². The third kappa shape index (κ3) is 2.25. The van der Waals surface area contributed by atoms with E-state index in [1.165, 1.54) is 32.2 Å². The van der Waals surface area contributed by atoms with Crippen molar-refractivity contribution in [3.05, 3.63) is 0 Å². The summed E-state index contributed by atoms with van der Waals surface area (Å²) in [6, 6.07) is 0.724. The number of nitrogens with one attached hydrogen (secondary N) is 1. The summed E-state index contributed by atoms with van der Waals surface area (Å²) in [5.74, 6) is 4.00. The van der Waals surface area contributed by atoms with Gasteiger partial charge >= 0.3 is 0 Å². The van der Waals surface area contributed by atoms with Crippen molar-refractivity contribution in [2.45, 2.75) is 57.9 Å². The minimum Gasteiger partial charge on any atom is -0.381 e. The highest BCUT2D eigenvalue weighted by Crippen LogP contribution is 2.61. The third-order valence-electron chi connectivity index (χ3n) is 6.74. The number of rotatable bonds is 4. The van der Waals surface area contributed by atoms with E-state index in [1.54, 1.807) is 19.3 Å². The molecule has 0 aromatic carbocycles. The molecular formula is C17H29NO. The molecule has 4 bridgehead atoms. The molecule has 0 spiro atoms.